The summed E-state index contributed by atoms with van der Waals surface area (Å²) < 4.78 is 31.7. The first-order chi connectivity index (χ1) is 15.7. The molecule has 35 heavy (non-hydrogen) atoms. The summed E-state index contributed by atoms with van der Waals surface area (Å²) in [6.07, 6.45) is 21.5. The van der Waals surface area contributed by atoms with Crippen LogP contribution in [0, 0.1) is 62.7 Å². The van der Waals surface area contributed by atoms with E-state index in [-0.39, 0.29) is 52.4 Å². The van der Waals surface area contributed by atoms with Gasteiger partial charge in [-0.15, -0.1) is 0 Å². The molecule has 2 saturated carbocycles. The van der Waals surface area contributed by atoms with Gasteiger partial charge >= 0.3 is 48.7 Å². The summed E-state index contributed by atoms with van der Waals surface area (Å²) in [4.78, 5) is 8.90. The first-order valence-corrected chi connectivity index (χ1v) is 14.9. The van der Waals surface area contributed by atoms with Crippen LogP contribution in [0.4, 0.5) is 13.2 Å². The van der Waals surface area contributed by atoms with Gasteiger partial charge in [-0.05, 0) is 113 Å². The molecule has 0 bridgehead atoms. The first kappa shape index (κ1) is 36.3. The number of carboxylic acids is 1. The molecule has 0 unspecified atom stereocenters. The van der Waals surface area contributed by atoms with Crippen molar-refractivity contribution < 1.29 is 59.6 Å². The van der Waals surface area contributed by atoms with Crippen molar-refractivity contribution in [2.24, 2.45) is 0 Å². The Hall–Kier alpha value is 1.26. The van der Waals surface area contributed by atoms with E-state index < -0.39 is 12.1 Å². The third-order valence-electron chi connectivity index (χ3n) is 6.68. The Morgan fingerprint density at radius 2 is 1.00 bits per heavy atom. The zero-order valence-electron chi connectivity index (χ0n) is 20.8. The molecule has 0 spiro atoms. The molecular weight excluding hydrogens is 620 g/mol. The standard InChI is InChI=1S/2C12H18P.C2HF3O2.Fe.Ru/c2*1-3-10-9-11(4-2)13(10)12-7-5-6-8-12;3-2(4,5)1(6)7;;/h2*5-8,10-11H,3-4,9H2,1-2H3;(H,6,7);;/q;;;2*+2/t2*10-,11-;;;/m11.../s1. The fourth-order valence-electron chi connectivity index (χ4n) is 4.77. The Labute approximate surface area is 238 Å². The molecule has 0 amide bonds. The van der Waals surface area contributed by atoms with Crippen LogP contribution in [-0.4, -0.2) is 39.9 Å². The van der Waals surface area contributed by atoms with Gasteiger partial charge in [0.1, 0.15) is 0 Å². The van der Waals surface area contributed by atoms with Crippen LogP contribution >= 0.6 is 15.8 Å². The van der Waals surface area contributed by atoms with Gasteiger partial charge in [0, 0.05) is 11.3 Å². The van der Waals surface area contributed by atoms with E-state index in [1.165, 1.54) is 38.5 Å². The Balaban J connectivity index is 0.000000506. The summed E-state index contributed by atoms with van der Waals surface area (Å²) >= 11 is 0. The molecule has 10 radical (unpaired) electrons. The first-order valence-electron chi connectivity index (χ1n) is 12.0. The maximum absolute atomic E-state index is 10.6. The van der Waals surface area contributed by atoms with E-state index in [2.05, 4.69) is 79.1 Å². The van der Waals surface area contributed by atoms with Crippen LogP contribution in [0.25, 0.3) is 0 Å². The molecule has 2 aliphatic heterocycles. The monoisotopic (exact) mass is 658 g/mol. The second kappa shape index (κ2) is 17.8. The van der Waals surface area contributed by atoms with Crippen LogP contribution in [-0.2, 0) is 41.3 Å². The molecule has 9 heteroatoms. The topological polar surface area (TPSA) is 37.3 Å². The van der Waals surface area contributed by atoms with Crippen molar-refractivity contribution >= 4 is 21.8 Å². The van der Waals surface area contributed by atoms with Gasteiger partial charge in [-0.3, -0.25) is 0 Å². The van der Waals surface area contributed by atoms with Crippen LogP contribution in [0.1, 0.15) is 66.2 Å². The molecule has 2 aliphatic carbocycles. The van der Waals surface area contributed by atoms with Crippen molar-refractivity contribution in [3.05, 3.63) is 62.7 Å². The number of carboxylic acid groups (broad SMARTS) is 1. The molecule has 4 fully saturated rings. The quantitative estimate of drug-likeness (QED) is 0.231. The molecule has 2 saturated heterocycles. The second-order valence-electron chi connectivity index (χ2n) is 8.62. The zero-order valence-corrected chi connectivity index (χ0v) is 25.4. The molecule has 0 aromatic rings. The van der Waals surface area contributed by atoms with Crippen LogP contribution in [0.15, 0.2) is 0 Å². The van der Waals surface area contributed by atoms with Gasteiger partial charge in [-0.1, -0.05) is 43.5 Å². The van der Waals surface area contributed by atoms with Gasteiger partial charge in [0.05, 0.1) is 0 Å². The average molecular weight is 657 g/mol. The number of hydrogen-bond donors (Lipinski definition) is 1. The van der Waals surface area contributed by atoms with E-state index in [4.69, 9.17) is 9.90 Å². The summed E-state index contributed by atoms with van der Waals surface area (Å²) in [5.41, 5.74) is 7.43. The summed E-state index contributed by atoms with van der Waals surface area (Å²) in [5.74, 6) is -2.76. The minimum atomic E-state index is -5.08. The molecule has 4 atom stereocenters. The third-order valence-corrected chi connectivity index (χ3v) is 13.9. The van der Waals surface area contributed by atoms with Crippen molar-refractivity contribution in [2.75, 3.05) is 0 Å². The van der Waals surface area contributed by atoms with Crippen LogP contribution in [0.3, 0.4) is 0 Å². The van der Waals surface area contributed by atoms with Crippen LogP contribution in [0.2, 0.25) is 0 Å². The van der Waals surface area contributed by atoms with Crippen LogP contribution < -0.4 is 0 Å². The molecule has 2 heterocycles. The molecule has 196 valence electrons. The Bertz CT molecular complexity index is 529. The number of alkyl halides is 3. The number of hydrogen-bond acceptors (Lipinski definition) is 1. The number of halogens is 3. The fourth-order valence-corrected chi connectivity index (χ4v) is 11.4. The molecule has 1 N–H and O–H groups in total. The zero-order chi connectivity index (χ0) is 24.6. The van der Waals surface area contributed by atoms with E-state index in [0.717, 1.165) is 22.6 Å². The predicted octanol–water partition coefficient (Wildman–Crippen LogP) is 8.21. The SMILES string of the molecule is CC[C@@H]1C[C@@H](CC)P1[C]1[CH][CH][CH][CH]1.CC[C@@H]1C[C@@H](CC)P1[C]1[CH][CH][CH][CH]1.O=C(O)C(F)(F)F.[Fe+2].[Ru+2]. The Morgan fingerprint density at radius 1 is 0.771 bits per heavy atom. The summed E-state index contributed by atoms with van der Waals surface area (Å²) in [5, 5.41) is 7.12. The minimum absolute atomic E-state index is 0. The van der Waals surface area contributed by atoms with Crippen LogP contribution in [0.5, 0.6) is 0 Å². The Morgan fingerprint density at radius 3 is 1.17 bits per heavy atom. The smallest absolute Gasteiger partial charge is 0.475 e. The van der Waals surface area contributed by atoms with Crippen molar-refractivity contribution in [1.82, 2.24) is 0 Å². The molecular formula is C26H37F3FeO2P2Ru+4. The largest absolute Gasteiger partial charge is 2.00 e. The number of carbonyl (C=O) groups is 1. The average Bonchev–Trinajstić information content (AvgIpc) is 3.43. The number of rotatable bonds is 6. The van der Waals surface area contributed by atoms with Crippen molar-refractivity contribution in [2.45, 2.75) is 95.0 Å². The minimum Gasteiger partial charge on any atom is -0.475 e. The summed E-state index contributed by atoms with van der Waals surface area (Å²) in [7, 11) is 0.434. The maximum Gasteiger partial charge on any atom is 2.00 e. The molecule has 2 nitrogen and oxygen atoms in total. The summed E-state index contributed by atoms with van der Waals surface area (Å²) in [6, 6.07) is 0. The predicted molar refractivity (Wildman–Crippen MR) is 134 cm³/mol. The van der Waals surface area contributed by atoms with Gasteiger partial charge in [0.15, 0.2) is 0 Å². The molecule has 0 aromatic carbocycles. The summed E-state index contributed by atoms with van der Waals surface area (Å²) in [6.45, 7) is 9.37. The third kappa shape index (κ3) is 10.4. The van der Waals surface area contributed by atoms with E-state index in [1.807, 2.05) is 0 Å². The van der Waals surface area contributed by atoms with Gasteiger partial charge < -0.3 is 5.11 Å². The van der Waals surface area contributed by atoms with Crippen molar-refractivity contribution in [3.63, 3.8) is 0 Å². The van der Waals surface area contributed by atoms with Gasteiger partial charge in [0.2, 0.25) is 0 Å². The van der Waals surface area contributed by atoms with E-state index in [0.29, 0.717) is 0 Å². The Kier molecular flexibility index (Phi) is 18.4. The molecule has 4 rings (SSSR count). The maximum atomic E-state index is 10.6. The normalized spacial score (nSPS) is 29.3. The molecule has 4 aliphatic rings. The van der Waals surface area contributed by atoms with Crippen molar-refractivity contribution in [1.29, 1.82) is 0 Å². The van der Waals surface area contributed by atoms with Gasteiger partial charge in [-0.2, -0.15) is 13.2 Å². The van der Waals surface area contributed by atoms with Gasteiger partial charge in [-0.25, -0.2) is 4.79 Å². The van der Waals surface area contributed by atoms with Gasteiger partial charge in [0.25, 0.3) is 0 Å². The number of aliphatic carboxylic acids is 1. The van der Waals surface area contributed by atoms with E-state index >= 15 is 0 Å². The van der Waals surface area contributed by atoms with E-state index in [9.17, 15) is 13.2 Å². The van der Waals surface area contributed by atoms with E-state index in [1.54, 1.807) is 11.3 Å². The second-order valence-corrected chi connectivity index (χ2v) is 14.2. The van der Waals surface area contributed by atoms with Crippen molar-refractivity contribution in [3.8, 4) is 0 Å². The molecule has 0 aromatic heterocycles. The fraction of sp³-hybridized carbons (Fsp3) is 0.577.